The molecule has 1 aromatic carbocycles. The number of benzene rings is 1. The average molecular weight is 331 g/mol. The summed E-state index contributed by atoms with van der Waals surface area (Å²) in [6.45, 7) is 2.07. The lowest BCUT2D eigenvalue weighted by Crippen LogP contribution is -2.33. The highest BCUT2D eigenvalue weighted by molar-refractivity contribution is 7.12. The van der Waals surface area contributed by atoms with Crippen LogP contribution in [0.25, 0.3) is 0 Å². The van der Waals surface area contributed by atoms with Crippen LogP contribution in [-0.2, 0) is 11.3 Å². The van der Waals surface area contributed by atoms with Gasteiger partial charge in [0.25, 0.3) is 11.8 Å². The molecule has 0 radical (unpaired) electrons. The molecule has 1 aromatic heterocycles. The van der Waals surface area contributed by atoms with Gasteiger partial charge in [0.05, 0.1) is 11.4 Å². The van der Waals surface area contributed by atoms with Crippen LogP contribution in [0.1, 0.15) is 31.2 Å². The summed E-state index contributed by atoms with van der Waals surface area (Å²) >= 11 is 1.40. The average Bonchev–Trinajstić information content (AvgIpc) is 2.97. The number of carbonyl (C=O) groups is 3. The van der Waals surface area contributed by atoms with Gasteiger partial charge in [-0.15, -0.1) is 11.3 Å². The van der Waals surface area contributed by atoms with E-state index < -0.39 is 5.91 Å². The molecule has 0 aliphatic carbocycles. The van der Waals surface area contributed by atoms with Crippen LogP contribution < -0.4 is 16.4 Å². The molecular weight excluding hydrogens is 314 g/mol. The zero-order valence-electron chi connectivity index (χ0n) is 12.6. The molecule has 6 nitrogen and oxygen atoms in total. The zero-order chi connectivity index (χ0) is 16.8. The maximum Gasteiger partial charge on any atom is 0.261 e. The zero-order valence-corrected chi connectivity index (χ0v) is 13.4. The highest BCUT2D eigenvalue weighted by Crippen LogP contribution is 2.15. The predicted molar refractivity (Wildman–Crippen MR) is 88.2 cm³/mol. The molecule has 0 unspecified atom stereocenters. The molecule has 0 fully saturated rings. The summed E-state index contributed by atoms with van der Waals surface area (Å²) in [5, 5.41) is 7.13. The number of carbonyl (C=O) groups excluding carboxylic acids is 3. The van der Waals surface area contributed by atoms with Crippen LogP contribution in [0.2, 0.25) is 0 Å². The van der Waals surface area contributed by atoms with Crippen LogP contribution in [0.3, 0.4) is 0 Å². The fourth-order valence-electron chi connectivity index (χ4n) is 1.91. The van der Waals surface area contributed by atoms with Gasteiger partial charge < -0.3 is 16.4 Å². The summed E-state index contributed by atoms with van der Waals surface area (Å²) < 4.78 is 0. The number of aryl methyl sites for hydroxylation is 1. The number of rotatable bonds is 6. The lowest BCUT2D eigenvalue weighted by atomic mass is 10.1. The summed E-state index contributed by atoms with van der Waals surface area (Å²) in [5.74, 6) is -1.07. The third-order valence-corrected chi connectivity index (χ3v) is 4.18. The van der Waals surface area contributed by atoms with E-state index in [9.17, 15) is 14.4 Å². The van der Waals surface area contributed by atoms with Gasteiger partial charge in [-0.3, -0.25) is 14.4 Å². The Balaban J connectivity index is 1.90. The minimum Gasteiger partial charge on any atom is -0.368 e. The van der Waals surface area contributed by atoms with Crippen molar-refractivity contribution >= 4 is 29.1 Å². The smallest absolute Gasteiger partial charge is 0.261 e. The second kappa shape index (κ2) is 7.55. The first-order valence-corrected chi connectivity index (χ1v) is 7.83. The Bertz CT molecular complexity index is 722. The number of nitrogens with one attached hydrogen (secondary N) is 2. The van der Waals surface area contributed by atoms with Crippen LogP contribution in [-0.4, -0.2) is 24.3 Å². The Morgan fingerprint density at radius 1 is 1.04 bits per heavy atom. The maximum absolute atomic E-state index is 12.0. The molecule has 7 heteroatoms. The van der Waals surface area contributed by atoms with E-state index in [-0.39, 0.29) is 18.4 Å². The summed E-state index contributed by atoms with van der Waals surface area (Å²) in [4.78, 5) is 35.1. The van der Waals surface area contributed by atoms with E-state index in [2.05, 4.69) is 10.6 Å². The fraction of sp³-hybridized carbons (Fsp3) is 0.188. The van der Waals surface area contributed by atoms with Gasteiger partial charge in [-0.25, -0.2) is 0 Å². The molecule has 0 spiro atoms. The van der Waals surface area contributed by atoms with Gasteiger partial charge >= 0.3 is 0 Å². The van der Waals surface area contributed by atoms with Gasteiger partial charge in [0.15, 0.2) is 0 Å². The molecule has 2 rings (SSSR count). The second-order valence-corrected chi connectivity index (χ2v) is 5.88. The van der Waals surface area contributed by atoms with Crippen LogP contribution >= 0.6 is 11.3 Å². The molecule has 1 heterocycles. The molecule has 4 N–H and O–H groups in total. The molecular formula is C16H17N3O3S. The van der Waals surface area contributed by atoms with Gasteiger partial charge in [-0.05, 0) is 41.6 Å². The molecule has 3 amide bonds. The van der Waals surface area contributed by atoms with E-state index in [1.54, 1.807) is 24.3 Å². The SMILES string of the molecule is Cc1ccsc1C(=O)NCc1ccc(C(=O)NCC(N)=O)cc1. The normalized spacial score (nSPS) is 10.1. The van der Waals surface area contributed by atoms with Crippen molar-refractivity contribution in [3.63, 3.8) is 0 Å². The molecule has 0 bridgehead atoms. The lowest BCUT2D eigenvalue weighted by molar-refractivity contribution is -0.117. The van der Waals surface area contributed by atoms with E-state index in [1.807, 2.05) is 18.4 Å². The molecule has 0 aliphatic rings. The molecule has 0 atom stereocenters. The molecule has 0 aliphatic heterocycles. The van der Waals surface area contributed by atoms with Crippen molar-refractivity contribution in [1.82, 2.24) is 10.6 Å². The minimum absolute atomic E-state index is 0.110. The third kappa shape index (κ3) is 4.65. The minimum atomic E-state index is -0.596. The quantitative estimate of drug-likeness (QED) is 0.741. The Kier molecular flexibility index (Phi) is 5.48. The van der Waals surface area contributed by atoms with Gasteiger partial charge in [-0.2, -0.15) is 0 Å². The van der Waals surface area contributed by atoms with E-state index in [0.29, 0.717) is 17.0 Å². The Morgan fingerprint density at radius 2 is 1.74 bits per heavy atom. The van der Waals surface area contributed by atoms with Crippen molar-refractivity contribution in [2.24, 2.45) is 5.73 Å². The Labute approximate surface area is 137 Å². The number of nitrogens with two attached hydrogens (primary N) is 1. The number of thiophene rings is 1. The highest BCUT2D eigenvalue weighted by atomic mass is 32.1. The summed E-state index contributed by atoms with van der Waals surface area (Å²) in [6, 6.07) is 8.67. The standard InChI is InChI=1S/C16H17N3O3S/c1-10-6-7-23-14(10)16(22)18-8-11-2-4-12(5-3-11)15(21)19-9-13(17)20/h2-7H,8-9H2,1H3,(H2,17,20)(H,18,22)(H,19,21). The largest absolute Gasteiger partial charge is 0.368 e. The number of hydrogen-bond donors (Lipinski definition) is 3. The van der Waals surface area contributed by atoms with Gasteiger partial charge in [0.1, 0.15) is 0 Å². The Hall–Kier alpha value is -2.67. The van der Waals surface area contributed by atoms with Crippen molar-refractivity contribution in [2.75, 3.05) is 6.54 Å². The topological polar surface area (TPSA) is 101 Å². The van der Waals surface area contributed by atoms with Crippen molar-refractivity contribution in [1.29, 1.82) is 0 Å². The van der Waals surface area contributed by atoms with E-state index in [4.69, 9.17) is 5.73 Å². The fourth-order valence-corrected chi connectivity index (χ4v) is 2.75. The molecule has 2 aromatic rings. The number of primary amides is 1. The van der Waals surface area contributed by atoms with Crippen LogP contribution in [0.15, 0.2) is 35.7 Å². The van der Waals surface area contributed by atoms with Crippen LogP contribution in [0.4, 0.5) is 0 Å². The number of amides is 3. The first-order chi connectivity index (χ1) is 11.0. The second-order valence-electron chi connectivity index (χ2n) is 4.96. The van der Waals surface area contributed by atoms with Crippen molar-refractivity contribution in [3.05, 3.63) is 57.3 Å². The van der Waals surface area contributed by atoms with Crippen LogP contribution in [0.5, 0.6) is 0 Å². The predicted octanol–water partition coefficient (Wildman–Crippen LogP) is 1.20. The lowest BCUT2D eigenvalue weighted by Gasteiger charge is -2.07. The van der Waals surface area contributed by atoms with E-state index in [1.165, 1.54) is 11.3 Å². The van der Waals surface area contributed by atoms with Gasteiger partial charge in [0, 0.05) is 12.1 Å². The molecule has 23 heavy (non-hydrogen) atoms. The maximum atomic E-state index is 12.0. The van der Waals surface area contributed by atoms with Crippen molar-refractivity contribution < 1.29 is 14.4 Å². The Morgan fingerprint density at radius 3 is 2.30 bits per heavy atom. The van der Waals surface area contributed by atoms with E-state index in [0.717, 1.165) is 11.1 Å². The summed E-state index contributed by atoms with van der Waals surface area (Å²) in [5.41, 5.74) is 7.22. The first-order valence-electron chi connectivity index (χ1n) is 6.95. The summed E-state index contributed by atoms with van der Waals surface area (Å²) in [6.07, 6.45) is 0. The monoisotopic (exact) mass is 331 g/mol. The van der Waals surface area contributed by atoms with Crippen LogP contribution in [0, 0.1) is 6.92 Å². The first kappa shape index (κ1) is 16.7. The third-order valence-electron chi connectivity index (χ3n) is 3.16. The van der Waals surface area contributed by atoms with Gasteiger partial charge in [0.2, 0.25) is 5.91 Å². The highest BCUT2D eigenvalue weighted by Gasteiger charge is 2.10. The molecule has 0 saturated heterocycles. The molecule has 120 valence electrons. The summed E-state index contributed by atoms with van der Waals surface area (Å²) in [7, 11) is 0. The van der Waals surface area contributed by atoms with Crippen molar-refractivity contribution in [2.45, 2.75) is 13.5 Å². The van der Waals surface area contributed by atoms with Crippen molar-refractivity contribution in [3.8, 4) is 0 Å². The van der Waals surface area contributed by atoms with E-state index >= 15 is 0 Å². The molecule has 0 saturated carbocycles. The van der Waals surface area contributed by atoms with Gasteiger partial charge in [-0.1, -0.05) is 12.1 Å². The number of hydrogen-bond acceptors (Lipinski definition) is 4.